The summed E-state index contributed by atoms with van der Waals surface area (Å²) in [6, 6.07) is 1.29. The summed E-state index contributed by atoms with van der Waals surface area (Å²) in [5, 5.41) is 3.30. The maximum atomic E-state index is 12.3. The zero-order valence-electron chi connectivity index (χ0n) is 12.5. The van der Waals surface area contributed by atoms with Crippen molar-refractivity contribution in [3.05, 3.63) is 0 Å². The van der Waals surface area contributed by atoms with Gasteiger partial charge in [-0.3, -0.25) is 4.79 Å². The van der Waals surface area contributed by atoms with Crippen molar-refractivity contribution in [3.8, 4) is 0 Å². The molecule has 2 saturated carbocycles. The normalized spacial score (nSPS) is 33.0. The highest BCUT2D eigenvalue weighted by Gasteiger charge is 2.33. The molecule has 1 amide bonds. The van der Waals surface area contributed by atoms with Gasteiger partial charge in [-0.25, -0.2) is 0 Å². The Balaban J connectivity index is 1.38. The Kier molecular flexibility index (Phi) is 4.61. The van der Waals surface area contributed by atoms with Crippen LogP contribution in [0.3, 0.4) is 0 Å². The minimum Gasteiger partial charge on any atom is -0.353 e. The zero-order valence-corrected chi connectivity index (χ0v) is 12.5. The van der Waals surface area contributed by atoms with E-state index in [0.29, 0.717) is 17.9 Å². The van der Waals surface area contributed by atoms with Crippen LogP contribution in [0.2, 0.25) is 0 Å². The Bertz CT molecular complexity index is 327. The third-order valence-electron chi connectivity index (χ3n) is 5.49. The van der Waals surface area contributed by atoms with Crippen molar-refractivity contribution in [2.75, 3.05) is 19.6 Å². The lowest BCUT2D eigenvalue weighted by Gasteiger charge is -2.34. The summed E-state index contributed by atoms with van der Waals surface area (Å²) in [6.07, 6.45) is 9.40. The van der Waals surface area contributed by atoms with Crippen molar-refractivity contribution < 1.29 is 4.79 Å². The van der Waals surface area contributed by atoms with Gasteiger partial charge in [0.1, 0.15) is 0 Å². The summed E-state index contributed by atoms with van der Waals surface area (Å²) in [4.78, 5) is 14.9. The molecule has 20 heavy (non-hydrogen) atoms. The highest BCUT2D eigenvalue weighted by molar-refractivity contribution is 5.79. The second-order valence-corrected chi connectivity index (χ2v) is 7.00. The number of amides is 1. The summed E-state index contributed by atoms with van der Waals surface area (Å²) in [7, 11) is 0. The smallest absolute Gasteiger partial charge is 0.223 e. The molecule has 0 unspecified atom stereocenters. The van der Waals surface area contributed by atoms with Crippen molar-refractivity contribution in [1.29, 1.82) is 0 Å². The van der Waals surface area contributed by atoms with Crippen LogP contribution >= 0.6 is 0 Å². The van der Waals surface area contributed by atoms with Crippen LogP contribution in [0, 0.1) is 11.8 Å². The number of piperidine rings is 1. The Morgan fingerprint density at radius 2 is 1.65 bits per heavy atom. The maximum absolute atomic E-state index is 12.3. The van der Waals surface area contributed by atoms with Crippen molar-refractivity contribution in [3.63, 3.8) is 0 Å². The lowest BCUT2D eigenvalue weighted by atomic mass is 9.81. The summed E-state index contributed by atoms with van der Waals surface area (Å²) >= 11 is 0. The Morgan fingerprint density at radius 1 is 1.00 bits per heavy atom. The minimum atomic E-state index is 0.249. The molecule has 0 aromatic heterocycles. The number of likely N-dealkylation sites (tertiary alicyclic amines) is 1. The Morgan fingerprint density at radius 3 is 2.20 bits per heavy atom. The van der Waals surface area contributed by atoms with Crippen molar-refractivity contribution in [2.45, 2.75) is 63.5 Å². The average molecular weight is 279 g/mol. The van der Waals surface area contributed by atoms with E-state index in [1.54, 1.807) is 0 Å². The monoisotopic (exact) mass is 279 g/mol. The molecule has 0 atom stereocenters. The lowest BCUT2D eigenvalue weighted by molar-refractivity contribution is -0.127. The van der Waals surface area contributed by atoms with Gasteiger partial charge in [-0.05, 0) is 63.8 Å². The molecule has 1 aliphatic heterocycles. The molecule has 0 spiro atoms. The first-order valence-electron chi connectivity index (χ1n) is 8.50. The summed E-state index contributed by atoms with van der Waals surface area (Å²) < 4.78 is 0. The predicted molar refractivity (Wildman–Crippen MR) is 80.3 cm³/mol. The van der Waals surface area contributed by atoms with E-state index >= 15 is 0 Å². The highest BCUT2D eigenvalue weighted by atomic mass is 16.1. The topological polar surface area (TPSA) is 58.4 Å². The summed E-state index contributed by atoms with van der Waals surface area (Å²) in [5.74, 6) is 1.21. The first kappa shape index (κ1) is 14.3. The zero-order chi connectivity index (χ0) is 13.9. The molecule has 1 saturated heterocycles. The van der Waals surface area contributed by atoms with E-state index in [9.17, 15) is 4.79 Å². The van der Waals surface area contributed by atoms with E-state index in [0.717, 1.165) is 51.1 Å². The Hall–Kier alpha value is -0.610. The third-order valence-corrected chi connectivity index (χ3v) is 5.49. The largest absolute Gasteiger partial charge is 0.353 e. The molecule has 3 N–H and O–H groups in total. The van der Waals surface area contributed by atoms with Crippen LogP contribution in [0.15, 0.2) is 0 Å². The van der Waals surface area contributed by atoms with Gasteiger partial charge in [0.2, 0.25) is 5.91 Å². The fraction of sp³-hybridized carbons (Fsp3) is 0.938. The first-order valence-corrected chi connectivity index (χ1v) is 8.50. The number of carbonyl (C=O) groups excluding carboxylic acids is 1. The fourth-order valence-electron chi connectivity index (χ4n) is 3.83. The summed E-state index contributed by atoms with van der Waals surface area (Å²) in [6.45, 7) is 3.14. The van der Waals surface area contributed by atoms with Gasteiger partial charge in [-0.1, -0.05) is 0 Å². The number of nitrogens with two attached hydrogens (primary N) is 1. The first-order chi connectivity index (χ1) is 9.76. The van der Waals surface area contributed by atoms with Gasteiger partial charge in [-0.15, -0.1) is 0 Å². The van der Waals surface area contributed by atoms with Crippen LogP contribution in [0.4, 0.5) is 0 Å². The van der Waals surface area contributed by atoms with Gasteiger partial charge < -0.3 is 16.0 Å². The number of hydrogen-bond donors (Lipinski definition) is 2. The predicted octanol–water partition coefficient (Wildman–Crippen LogP) is 1.49. The van der Waals surface area contributed by atoms with Crippen LogP contribution in [-0.2, 0) is 4.79 Å². The van der Waals surface area contributed by atoms with Gasteiger partial charge in [0.25, 0.3) is 0 Å². The van der Waals surface area contributed by atoms with Gasteiger partial charge >= 0.3 is 0 Å². The van der Waals surface area contributed by atoms with Gasteiger partial charge in [0.15, 0.2) is 0 Å². The van der Waals surface area contributed by atoms with E-state index in [4.69, 9.17) is 5.73 Å². The maximum Gasteiger partial charge on any atom is 0.223 e. The summed E-state index contributed by atoms with van der Waals surface area (Å²) in [5.41, 5.74) is 5.71. The van der Waals surface area contributed by atoms with E-state index in [-0.39, 0.29) is 5.92 Å². The van der Waals surface area contributed by atoms with Crippen molar-refractivity contribution >= 4 is 5.91 Å². The molecular weight excluding hydrogens is 250 g/mol. The van der Waals surface area contributed by atoms with E-state index in [2.05, 4.69) is 10.2 Å². The molecular formula is C16H29N3O. The minimum absolute atomic E-state index is 0.249. The molecule has 3 rings (SSSR count). The van der Waals surface area contributed by atoms with Crippen LogP contribution in [0.5, 0.6) is 0 Å². The number of rotatable bonds is 4. The van der Waals surface area contributed by atoms with E-state index in [1.807, 2.05) is 0 Å². The molecule has 114 valence electrons. The number of nitrogens with zero attached hydrogens (tertiary/aromatic N) is 1. The van der Waals surface area contributed by atoms with Crippen molar-refractivity contribution in [1.82, 2.24) is 10.2 Å². The Labute approximate surface area is 122 Å². The number of hydrogen-bond acceptors (Lipinski definition) is 3. The second-order valence-electron chi connectivity index (χ2n) is 7.00. The van der Waals surface area contributed by atoms with Crippen LogP contribution in [-0.4, -0.2) is 42.5 Å². The molecule has 4 nitrogen and oxygen atoms in total. The standard InChI is InChI=1S/C16H29N3O/c17-11-12-1-3-13(4-2-12)16(20)18-14-7-9-19(10-8-14)15-5-6-15/h12-15H,1-11,17H2,(H,18,20). The highest BCUT2D eigenvalue weighted by Crippen LogP contribution is 2.30. The fourth-order valence-corrected chi connectivity index (χ4v) is 3.83. The van der Waals surface area contributed by atoms with E-state index < -0.39 is 0 Å². The molecule has 3 aliphatic rings. The van der Waals surface area contributed by atoms with Crippen molar-refractivity contribution in [2.24, 2.45) is 17.6 Å². The molecule has 0 radical (unpaired) electrons. The van der Waals surface area contributed by atoms with Crippen LogP contribution in [0.25, 0.3) is 0 Å². The van der Waals surface area contributed by atoms with Crippen LogP contribution < -0.4 is 11.1 Å². The molecule has 2 aliphatic carbocycles. The molecule has 0 bridgehead atoms. The van der Waals surface area contributed by atoms with Gasteiger partial charge in [-0.2, -0.15) is 0 Å². The average Bonchev–Trinajstić information content (AvgIpc) is 3.33. The lowest BCUT2D eigenvalue weighted by Crippen LogP contribution is -2.47. The van der Waals surface area contributed by atoms with E-state index in [1.165, 1.54) is 25.9 Å². The molecule has 0 aromatic rings. The third kappa shape index (κ3) is 3.53. The number of carbonyl (C=O) groups is 1. The quantitative estimate of drug-likeness (QED) is 0.820. The molecule has 4 heteroatoms. The second kappa shape index (κ2) is 6.44. The molecule has 3 fully saturated rings. The molecule has 0 aromatic carbocycles. The van der Waals surface area contributed by atoms with Gasteiger partial charge in [0.05, 0.1) is 0 Å². The number of nitrogens with one attached hydrogen (secondary N) is 1. The van der Waals surface area contributed by atoms with Crippen LogP contribution in [0.1, 0.15) is 51.4 Å². The van der Waals surface area contributed by atoms with Gasteiger partial charge in [0, 0.05) is 31.1 Å². The SMILES string of the molecule is NCC1CCC(C(=O)NC2CCN(C3CC3)CC2)CC1. The molecule has 1 heterocycles.